The molecule has 0 radical (unpaired) electrons. The zero-order valence-corrected chi connectivity index (χ0v) is 20.2. The number of aromatic nitrogens is 6. The molecule has 2 aliphatic rings. The molecule has 2 fully saturated rings. The number of anilines is 2. The Bertz CT molecular complexity index is 1320. The Morgan fingerprint density at radius 3 is 2.65 bits per heavy atom. The van der Waals surface area contributed by atoms with Crippen LogP contribution >= 0.6 is 0 Å². The Hall–Kier alpha value is -3.90. The van der Waals surface area contributed by atoms with E-state index in [9.17, 15) is 15.0 Å². The molecule has 0 saturated carbocycles. The molecule has 2 aliphatic heterocycles. The monoisotopic (exact) mass is 508 g/mol. The van der Waals surface area contributed by atoms with Crippen LogP contribution in [0.4, 0.5) is 11.8 Å². The lowest BCUT2D eigenvalue weighted by Gasteiger charge is -2.33. The van der Waals surface area contributed by atoms with Crippen molar-refractivity contribution in [2.24, 2.45) is 0 Å². The molecule has 0 aliphatic carbocycles. The number of ether oxygens (including phenoxy) is 1. The third kappa shape index (κ3) is 5.02. The van der Waals surface area contributed by atoms with Crippen molar-refractivity contribution in [1.82, 2.24) is 39.7 Å². The lowest BCUT2D eigenvalue weighted by Crippen LogP contribution is -2.47. The van der Waals surface area contributed by atoms with Gasteiger partial charge in [0.2, 0.25) is 11.8 Å². The molecule has 0 aromatic carbocycles. The maximum atomic E-state index is 12.2. The van der Waals surface area contributed by atoms with Crippen molar-refractivity contribution in [3.05, 3.63) is 30.6 Å². The molecule has 2 saturated heterocycles. The minimum atomic E-state index is -1.42. The number of piperazine rings is 1. The fourth-order valence-electron chi connectivity index (χ4n) is 4.35. The first kappa shape index (κ1) is 24.8. The summed E-state index contributed by atoms with van der Waals surface area (Å²) in [6, 6.07) is 1.80. The smallest absolute Gasteiger partial charge is 0.252 e. The van der Waals surface area contributed by atoms with Gasteiger partial charge in [0.15, 0.2) is 23.8 Å². The maximum absolute atomic E-state index is 12.2. The molecular weight excluding hydrogens is 480 g/mol. The first-order chi connectivity index (χ1) is 18.0. The van der Waals surface area contributed by atoms with E-state index in [-0.39, 0.29) is 17.3 Å². The van der Waals surface area contributed by atoms with Gasteiger partial charge in [-0.2, -0.15) is 0 Å². The second kappa shape index (κ2) is 10.6. The van der Waals surface area contributed by atoms with E-state index in [1.54, 1.807) is 25.4 Å². The van der Waals surface area contributed by atoms with Gasteiger partial charge in [0.05, 0.1) is 12.9 Å². The van der Waals surface area contributed by atoms with Gasteiger partial charge in [-0.3, -0.25) is 14.3 Å². The maximum Gasteiger partial charge on any atom is 0.252 e. The molecule has 0 spiro atoms. The molecule has 5 N–H and O–H groups in total. The highest BCUT2D eigenvalue weighted by atomic mass is 16.6. The molecule has 14 heteroatoms. The molecule has 37 heavy (non-hydrogen) atoms. The molecule has 5 rings (SSSR count). The van der Waals surface area contributed by atoms with Crippen molar-refractivity contribution < 1.29 is 19.7 Å². The van der Waals surface area contributed by atoms with Gasteiger partial charge in [-0.15, -0.1) is 0 Å². The van der Waals surface area contributed by atoms with Crippen LogP contribution in [0.2, 0.25) is 0 Å². The number of rotatable bonds is 5. The molecule has 5 heterocycles. The quantitative estimate of drug-likeness (QED) is 0.282. The average molecular weight is 509 g/mol. The molecule has 0 bridgehead atoms. The van der Waals surface area contributed by atoms with Crippen molar-refractivity contribution in [1.29, 1.82) is 0 Å². The summed E-state index contributed by atoms with van der Waals surface area (Å²) in [5, 5.41) is 23.5. The van der Waals surface area contributed by atoms with Crippen molar-refractivity contribution in [2.45, 2.75) is 31.5 Å². The van der Waals surface area contributed by atoms with E-state index >= 15 is 0 Å². The molecule has 1 amide bonds. The predicted molar refractivity (Wildman–Crippen MR) is 132 cm³/mol. The number of hydrogen-bond acceptors (Lipinski definition) is 12. The van der Waals surface area contributed by atoms with E-state index in [2.05, 4.69) is 51.9 Å². The summed E-state index contributed by atoms with van der Waals surface area (Å²) in [4.78, 5) is 38.1. The van der Waals surface area contributed by atoms with Gasteiger partial charge in [0.1, 0.15) is 17.7 Å². The third-order valence-electron chi connectivity index (χ3n) is 6.28. The molecule has 4 atom stereocenters. The van der Waals surface area contributed by atoms with Gasteiger partial charge in [-0.1, -0.05) is 5.92 Å². The van der Waals surface area contributed by atoms with Crippen molar-refractivity contribution in [3.8, 4) is 11.8 Å². The van der Waals surface area contributed by atoms with Crippen LogP contribution in [0.25, 0.3) is 11.2 Å². The largest absolute Gasteiger partial charge is 0.387 e. The molecule has 14 nitrogen and oxygen atoms in total. The molecule has 194 valence electrons. The van der Waals surface area contributed by atoms with Crippen LogP contribution in [0.15, 0.2) is 24.8 Å². The van der Waals surface area contributed by atoms with Gasteiger partial charge in [0.25, 0.3) is 5.91 Å². The second-order valence-corrected chi connectivity index (χ2v) is 8.69. The Labute approximate surface area is 212 Å². The highest BCUT2D eigenvalue weighted by molar-refractivity contribution is 5.83. The second-order valence-electron chi connectivity index (χ2n) is 8.69. The Kier molecular flexibility index (Phi) is 7.10. The Morgan fingerprint density at radius 1 is 1.16 bits per heavy atom. The first-order valence-corrected chi connectivity index (χ1v) is 12.0. The van der Waals surface area contributed by atoms with Crippen molar-refractivity contribution in [2.75, 3.05) is 49.9 Å². The van der Waals surface area contributed by atoms with Gasteiger partial charge >= 0.3 is 0 Å². The number of fused-ring (bicyclic) bond motifs is 1. The highest BCUT2D eigenvalue weighted by Gasteiger charge is 2.47. The molecule has 3 aromatic heterocycles. The Morgan fingerprint density at radius 2 is 1.92 bits per heavy atom. The lowest BCUT2D eigenvalue weighted by molar-refractivity contribution is -0.137. The zero-order chi connectivity index (χ0) is 25.9. The summed E-state index contributed by atoms with van der Waals surface area (Å²) in [5.74, 6) is 6.57. The number of aliphatic hydroxyl groups excluding tert-OH is 2. The first-order valence-electron chi connectivity index (χ1n) is 12.0. The van der Waals surface area contributed by atoms with Gasteiger partial charge < -0.3 is 30.9 Å². The number of nitrogens with zero attached hydrogens (tertiary/aromatic N) is 8. The number of aliphatic hydroxyl groups is 2. The third-order valence-corrected chi connectivity index (χ3v) is 6.28. The fourth-order valence-corrected chi connectivity index (χ4v) is 4.35. The summed E-state index contributed by atoms with van der Waals surface area (Å²) in [6.07, 6.45) is -0.270. The molecular formula is C23H28N10O4. The number of amides is 1. The number of imidazole rings is 1. The standard InChI is InChI=1S/C23H28N10O4/c1-2-25-21(36)18-16(34)17(35)22(37-18)33-13-28-15-19(24)29-14(30-20(15)33)5-3-8-31-9-11-32(12-10-31)23-26-6-4-7-27-23/h4,6-7,13,16-18,22,34-35H,2,8-12H2,1H3,(H,25,36)(H2,24,29,30)/t16-,17?,18+,22-/m1/s1. The number of hydrogen-bond donors (Lipinski definition) is 4. The minimum absolute atomic E-state index is 0.123. The van der Waals surface area contributed by atoms with Crippen LogP contribution in [0, 0.1) is 11.8 Å². The van der Waals surface area contributed by atoms with Gasteiger partial charge in [0, 0.05) is 45.1 Å². The van der Waals surface area contributed by atoms with Crippen LogP contribution in [-0.2, 0) is 9.53 Å². The van der Waals surface area contributed by atoms with Crippen LogP contribution in [0.3, 0.4) is 0 Å². The number of nitrogen functional groups attached to an aromatic ring is 1. The van der Waals surface area contributed by atoms with Gasteiger partial charge in [-0.05, 0) is 18.9 Å². The number of carbonyl (C=O) groups is 1. The van der Waals surface area contributed by atoms with E-state index in [0.717, 1.165) is 32.1 Å². The summed E-state index contributed by atoms with van der Waals surface area (Å²) in [7, 11) is 0. The average Bonchev–Trinajstić information content (AvgIpc) is 3.46. The van der Waals surface area contributed by atoms with Crippen molar-refractivity contribution in [3.63, 3.8) is 0 Å². The molecule has 1 unspecified atom stereocenters. The minimum Gasteiger partial charge on any atom is -0.387 e. The zero-order valence-electron chi connectivity index (χ0n) is 20.2. The predicted octanol–water partition coefficient (Wildman–Crippen LogP) is -1.87. The van der Waals surface area contributed by atoms with E-state index in [0.29, 0.717) is 18.6 Å². The number of nitrogens with one attached hydrogen (secondary N) is 1. The normalized spacial score (nSPS) is 24.1. The van der Waals surface area contributed by atoms with Gasteiger partial charge in [-0.25, -0.2) is 24.9 Å². The van der Waals surface area contributed by atoms with E-state index in [1.807, 2.05) is 0 Å². The Balaban J connectivity index is 1.28. The van der Waals surface area contributed by atoms with E-state index < -0.39 is 30.4 Å². The number of likely N-dealkylation sites (N-methyl/N-ethyl adjacent to an activating group) is 1. The summed E-state index contributed by atoms with van der Waals surface area (Å²) in [6.45, 7) is 5.86. The van der Waals surface area contributed by atoms with Crippen molar-refractivity contribution >= 4 is 28.8 Å². The topological polar surface area (TPSA) is 181 Å². The van der Waals surface area contributed by atoms with E-state index in [4.69, 9.17) is 10.5 Å². The summed E-state index contributed by atoms with van der Waals surface area (Å²) >= 11 is 0. The SMILES string of the molecule is CCNC(=O)[C@H]1O[C@@H](n2cnc3c(N)nc(C#CCN4CCN(c5ncccn5)CC4)nc32)C(O)[C@H]1O. The summed E-state index contributed by atoms with van der Waals surface area (Å²) in [5.41, 5.74) is 6.67. The van der Waals surface area contributed by atoms with Crippen LogP contribution in [-0.4, -0.2) is 108 Å². The highest BCUT2D eigenvalue weighted by Crippen LogP contribution is 2.32. The van der Waals surface area contributed by atoms with Crippen LogP contribution in [0.1, 0.15) is 19.0 Å². The lowest BCUT2D eigenvalue weighted by atomic mass is 10.1. The van der Waals surface area contributed by atoms with Crippen LogP contribution in [0.5, 0.6) is 0 Å². The molecule has 3 aromatic rings. The fraction of sp³-hybridized carbons (Fsp3) is 0.478. The number of carbonyl (C=O) groups excluding carboxylic acids is 1. The van der Waals surface area contributed by atoms with Crippen LogP contribution < -0.4 is 16.0 Å². The summed E-state index contributed by atoms with van der Waals surface area (Å²) < 4.78 is 7.11. The number of nitrogens with two attached hydrogens (primary N) is 1. The van der Waals surface area contributed by atoms with E-state index in [1.165, 1.54) is 10.9 Å².